The maximum Gasteiger partial charge on any atom is 0.0698 e. The Kier molecular flexibility index (Phi) is 7.76. The zero-order valence-corrected chi connectivity index (χ0v) is 19.2. The van der Waals surface area contributed by atoms with Crippen molar-refractivity contribution in [1.82, 2.24) is 35.5 Å². The monoisotopic (exact) mass is 428 g/mol. The summed E-state index contributed by atoms with van der Waals surface area (Å²) in [5, 5.41) is 19.1. The van der Waals surface area contributed by atoms with Crippen LogP contribution in [0.4, 0.5) is 0 Å². The van der Waals surface area contributed by atoms with E-state index in [1.165, 1.54) is 61.0 Å². The Bertz CT molecular complexity index is 795. The Labute approximate surface area is 186 Å². The molecule has 8 nitrogen and oxygen atoms in total. The number of aromatic nitrogens is 4. The lowest BCUT2D eigenvalue weighted by Gasteiger charge is -2.26. The van der Waals surface area contributed by atoms with E-state index in [0.717, 1.165) is 32.7 Å². The highest BCUT2D eigenvalue weighted by Gasteiger charge is 2.29. The first-order chi connectivity index (χ1) is 15.1. The van der Waals surface area contributed by atoms with Crippen LogP contribution in [0.1, 0.15) is 72.9 Å². The van der Waals surface area contributed by atoms with Crippen LogP contribution in [0.5, 0.6) is 0 Å². The maximum atomic E-state index is 5.69. The molecule has 0 spiro atoms. The van der Waals surface area contributed by atoms with E-state index in [1.807, 2.05) is 0 Å². The number of nitrogens with one attached hydrogen (secondary N) is 3. The summed E-state index contributed by atoms with van der Waals surface area (Å²) in [5.41, 5.74) is 10.9. The molecule has 2 aromatic heterocycles. The van der Waals surface area contributed by atoms with E-state index < -0.39 is 0 Å². The fourth-order valence-corrected chi connectivity index (χ4v) is 5.13. The van der Waals surface area contributed by atoms with Gasteiger partial charge in [0.1, 0.15) is 0 Å². The van der Waals surface area contributed by atoms with Crippen LogP contribution in [0.3, 0.4) is 0 Å². The highest BCUT2D eigenvalue weighted by molar-refractivity contribution is 5.23. The molecule has 0 bridgehead atoms. The van der Waals surface area contributed by atoms with Crippen LogP contribution in [-0.4, -0.2) is 76.5 Å². The molecule has 0 saturated heterocycles. The molecule has 2 heterocycles. The first-order valence-corrected chi connectivity index (χ1v) is 12.0. The van der Waals surface area contributed by atoms with Crippen molar-refractivity contribution >= 4 is 0 Å². The fraction of sp³-hybridized carbons (Fsp3) is 0.739. The summed E-state index contributed by atoms with van der Waals surface area (Å²) >= 11 is 0. The molecule has 2 unspecified atom stereocenters. The summed E-state index contributed by atoms with van der Waals surface area (Å²) in [7, 11) is 4.34. The number of nitrogens with zero attached hydrogens (tertiary/aromatic N) is 4. The van der Waals surface area contributed by atoms with Gasteiger partial charge in [-0.1, -0.05) is 6.42 Å². The van der Waals surface area contributed by atoms with Crippen LogP contribution < -0.4 is 11.1 Å². The van der Waals surface area contributed by atoms with E-state index in [9.17, 15) is 0 Å². The van der Waals surface area contributed by atoms with E-state index >= 15 is 0 Å². The molecule has 8 heteroatoms. The van der Waals surface area contributed by atoms with Crippen molar-refractivity contribution in [1.29, 1.82) is 0 Å². The molecule has 4 rings (SSSR count). The summed E-state index contributed by atoms with van der Waals surface area (Å²) in [4.78, 5) is 4.68. The third-order valence-corrected chi connectivity index (χ3v) is 7.13. The van der Waals surface area contributed by atoms with Gasteiger partial charge in [0.2, 0.25) is 0 Å². The van der Waals surface area contributed by atoms with Gasteiger partial charge >= 0.3 is 0 Å². The van der Waals surface area contributed by atoms with Crippen molar-refractivity contribution in [2.75, 3.05) is 40.3 Å². The second kappa shape index (κ2) is 10.7. The average Bonchev–Trinajstić information content (AvgIpc) is 3.43. The molecular weight excluding hydrogens is 388 g/mol. The number of hydrogen-bond donors (Lipinski definition) is 4. The van der Waals surface area contributed by atoms with E-state index in [-0.39, 0.29) is 0 Å². The highest BCUT2D eigenvalue weighted by atomic mass is 15.2. The zero-order valence-electron chi connectivity index (χ0n) is 19.2. The molecule has 2 aliphatic rings. The van der Waals surface area contributed by atoms with Gasteiger partial charge in [0, 0.05) is 80.7 Å². The predicted octanol–water partition coefficient (Wildman–Crippen LogP) is 2.15. The third kappa shape index (κ3) is 5.74. The van der Waals surface area contributed by atoms with Gasteiger partial charge in [0.05, 0.1) is 11.4 Å². The van der Waals surface area contributed by atoms with Gasteiger partial charge in [-0.25, -0.2) is 0 Å². The van der Waals surface area contributed by atoms with Gasteiger partial charge in [0.25, 0.3) is 0 Å². The van der Waals surface area contributed by atoms with Gasteiger partial charge in [0.15, 0.2) is 0 Å². The maximum absolute atomic E-state index is 5.69. The van der Waals surface area contributed by atoms with Crippen LogP contribution in [-0.2, 0) is 13.1 Å². The molecule has 0 amide bonds. The van der Waals surface area contributed by atoms with Crippen molar-refractivity contribution in [3.05, 3.63) is 34.9 Å². The van der Waals surface area contributed by atoms with Crippen molar-refractivity contribution < 1.29 is 0 Å². The van der Waals surface area contributed by atoms with Crippen molar-refractivity contribution in [2.45, 2.75) is 69.5 Å². The Morgan fingerprint density at radius 1 is 0.935 bits per heavy atom. The third-order valence-electron chi connectivity index (χ3n) is 7.13. The van der Waals surface area contributed by atoms with E-state index in [1.54, 1.807) is 0 Å². The number of aromatic amines is 2. The molecular formula is C23H40N8. The van der Waals surface area contributed by atoms with Gasteiger partial charge in [-0.3, -0.25) is 10.2 Å². The molecule has 2 aliphatic carbocycles. The predicted molar refractivity (Wildman–Crippen MR) is 124 cm³/mol. The lowest BCUT2D eigenvalue weighted by atomic mass is 9.81. The first-order valence-electron chi connectivity index (χ1n) is 12.0. The molecule has 2 saturated carbocycles. The highest BCUT2D eigenvalue weighted by Crippen LogP contribution is 2.37. The summed E-state index contributed by atoms with van der Waals surface area (Å²) in [5.74, 6) is 1.24. The molecule has 0 radical (unpaired) electrons. The van der Waals surface area contributed by atoms with Gasteiger partial charge in [-0.15, -0.1) is 0 Å². The van der Waals surface area contributed by atoms with E-state index in [4.69, 9.17) is 5.73 Å². The molecule has 0 aromatic carbocycles. The Morgan fingerprint density at radius 3 is 2.19 bits per heavy atom. The second-order valence-electron chi connectivity index (χ2n) is 9.64. The normalized spacial score (nSPS) is 22.0. The van der Waals surface area contributed by atoms with Crippen LogP contribution in [0.15, 0.2) is 12.4 Å². The smallest absolute Gasteiger partial charge is 0.0698 e. The molecule has 5 N–H and O–H groups in total. The molecule has 2 aromatic rings. The van der Waals surface area contributed by atoms with Gasteiger partial charge < -0.3 is 20.9 Å². The first kappa shape index (κ1) is 22.5. The van der Waals surface area contributed by atoms with Crippen LogP contribution in [0.2, 0.25) is 0 Å². The van der Waals surface area contributed by atoms with Crippen molar-refractivity contribution in [2.24, 2.45) is 5.73 Å². The minimum absolute atomic E-state index is 0.554. The number of hydrogen-bond acceptors (Lipinski definition) is 6. The summed E-state index contributed by atoms with van der Waals surface area (Å²) in [6.07, 6.45) is 11.7. The fourth-order valence-electron chi connectivity index (χ4n) is 5.13. The summed E-state index contributed by atoms with van der Waals surface area (Å²) in [6.45, 7) is 5.57. The lowest BCUT2D eigenvalue weighted by Crippen LogP contribution is -2.34. The molecule has 31 heavy (non-hydrogen) atoms. The summed E-state index contributed by atoms with van der Waals surface area (Å²) in [6, 6.07) is 0.587. The number of nitrogens with two attached hydrogens (primary N) is 1. The number of likely N-dealkylation sites (N-methyl/N-ethyl adjacent to an activating group) is 2. The summed E-state index contributed by atoms with van der Waals surface area (Å²) < 4.78 is 0. The van der Waals surface area contributed by atoms with Crippen LogP contribution >= 0.6 is 0 Å². The SMILES string of the molecule is CN(CCNC1CCC(c2n[nH]cc2CN(C)CCN)C1)Cc1c[nH]nc1C1CCC1. The van der Waals surface area contributed by atoms with Crippen LogP contribution in [0.25, 0.3) is 0 Å². The minimum atomic E-state index is 0.554. The molecule has 172 valence electrons. The number of H-pyrrole nitrogens is 2. The van der Waals surface area contributed by atoms with Crippen LogP contribution in [0, 0.1) is 0 Å². The van der Waals surface area contributed by atoms with Crippen molar-refractivity contribution in [3.8, 4) is 0 Å². The quantitative estimate of drug-likeness (QED) is 0.413. The topological polar surface area (TPSA) is 102 Å². The van der Waals surface area contributed by atoms with E-state index in [0.29, 0.717) is 24.4 Å². The van der Waals surface area contributed by atoms with Gasteiger partial charge in [-0.05, 0) is 46.2 Å². The average molecular weight is 429 g/mol. The standard InChI is InChI=1S/C23H40N8/c1-30(10-8-24)15-20-14-27-29-23(20)18-6-7-21(12-18)25-9-11-31(2)16-19-13-26-28-22(19)17-4-3-5-17/h13-14,17-18,21,25H,3-12,15-16,24H2,1-2H3,(H,26,28)(H,27,29). The Hall–Kier alpha value is -1.74. The van der Waals surface area contributed by atoms with Gasteiger partial charge in [-0.2, -0.15) is 10.2 Å². The minimum Gasteiger partial charge on any atom is -0.329 e. The second-order valence-corrected chi connectivity index (χ2v) is 9.64. The molecule has 0 aliphatic heterocycles. The van der Waals surface area contributed by atoms with E-state index in [2.05, 4.69) is 62.0 Å². The largest absolute Gasteiger partial charge is 0.329 e. The number of rotatable bonds is 12. The Morgan fingerprint density at radius 2 is 1.58 bits per heavy atom. The molecule has 2 fully saturated rings. The lowest BCUT2D eigenvalue weighted by molar-refractivity contribution is 0.312. The zero-order chi connectivity index (χ0) is 21.6. The Balaban J connectivity index is 1.19. The van der Waals surface area contributed by atoms with Crippen molar-refractivity contribution in [3.63, 3.8) is 0 Å². The molecule has 2 atom stereocenters.